The molecule has 1 saturated carbocycles. The SMILES string of the molecule is COC(=O)C(NC1CCCC1)c1cccc(C(F)F)c1. The summed E-state index contributed by atoms with van der Waals surface area (Å²) in [6, 6.07) is 5.52. The lowest BCUT2D eigenvalue weighted by molar-refractivity contribution is -0.143. The van der Waals surface area contributed by atoms with Crippen LogP contribution < -0.4 is 5.32 Å². The Morgan fingerprint density at radius 1 is 1.30 bits per heavy atom. The number of carbonyl (C=O) groups is 1. The number of carbonyl (C=O) groups excluding carboxylic acids is 1. The van der Waals surface area contributed by atoms with E-state index in [0.717, 1.165) is 25.7 Å². The quantitative estimate of drug-likeness (QED) is 0.842. The fourth-order valence-corrected chi connectivity index (χ4v) is 2.62. The summed E-state index contributed by atoms with van der Waals surface area (Å²) in [5, 5.41) is 3.23. The van der Waals surface area contributed by atoms with Gasteiger partial charge in [-0.3, -0.25) is 5.32 Å². The van der Waals surface area contributed by atoms with Gasteiger partial charge in [-0.2, -0.15) is 0 Å². The first-order chi connectivity index (χ1) is 9.61. The molecule has 1 aliphatic rings. The summed E-state index contributed by atoms with van der Waals surface area (Å²) in [5.74, 6) is -0.441. The van der Waals surface area contributed by atoms with Crippen molar-refractivity contribution in [3.05, 3.63) is 35.4 Å². The smallest absolute Gasteiger partial charge is 0.327 e. The van der Waals surface area contributed by atoms with E-state index in [1.165, 1.54) is 19.2 Å². The number of halogens is 2. The Bertz CT molecular complexity index is 459. The lowest BCUT2D eigenvalue weighted by Gasteiger charge is -2.21. The van der Waals surface area contributed by atoms with E-state index in [0.29, 0.717) is 5.56 Å². The van der Waals surface area contributed by atoms with Gasteiger partial charge in [0.2, 0.25) is 0 Å². The molecule has 110 valence electrons. The van der Waals surface area contributed by atoms with Crippen LogP contribution in [-0.4, -0.2) is 19.1 Å². The summed E-state index contributed by atoms with van der Waals surface area (Å²) in [6.07, 6.45) is 1.72. The number of rotatable bonds is 5. The minimum atomic E-state index is -2.54. The van der Waals surface area contributed by atoms with Gasteiger partial charge in [0, 0.05) is 11.6 Å². The van der Waals surface area contributed by atoms with Crippen LogP contribution in [0.15, 0.2) is 24.3 Å². The zero-order chi connectivity index (χ0) is 14.5. The van der Waals surface area contributed by atoms with Gasteiger partial charge in [0.15, 0.2) is 0 Å². The minimum Gasteiger partial charge on any atom is -0.468 e. The van der Waals surface area contributed by atoms with Gasteiger partial charge in [0.05, 0.1) is 7.11 Å². The van der Waals surface area contributed by atoms with Crippen LogP contribution in [0.25, 0.3) is 0 Å². The highest BCUT2D eigenvalue weighted by molar-refractivity contribution is 5.77. The van der Waals surface area contributed by atoms with Crippen LogP contribution in [0.3, 0.4) is 0 Å². The molecule has 0 aliphatic heterocycles. The van der Waals surface area contributed by atoms with Crippen molar-refractivity contribution < 1.29 is 18.3 Å². The minimum absolute atomic E-state index is 0.0791. The third-order valence-corrected chi connectivity index (χ3v) is 3.69. The predicted octanol–water partition coefficient (Wildman–Crippen LogP) is 3.37. The Balaban J connectivity index is 2.20. The molecule has 1 N–H and O–H groups in total. The first-order valence-electron chi connectivity index (χ1n) is 6.83. The molecule has 20 heavy (non-hydrogen) atoms. The van der Waals surface area contributed by atoms with Crippen molar-refractivity contribution in [2.24, 2.45) is 0 Å². The van der Waals surface area contributed by atoms with Crippen LogP contribution in [-0.2, 0) is 9.53 Å². The average Bonchev–Trinajstić information content (AvgIpc) is 2.97. The highest BCUT2D eigenvalue weighted by Gasteiger charge is 2.26. The lowest BCUT2D eigenvalue weighted by Crippen LogP contribution is -2.36. The van der Waals surface area contributed by atoms with E-state index in [-0.39, 0.29) is 11.6 Å². The van der Waals surface area contributed by atoms with E-state index >= 15 is 0 Å². The molecule has 1 fully saturated rings. The summed E-state index contributed by atoms with van der Waals surface area (Å²) in [5.41, 5.74) is 0.450. The van der Waals surface area contributed by atoms with Crippen molar-refractivity contribution in [2.75, 3.05) is 7.11 Å². The Morgan fingerprint density at radius 2 is 1.95 bits per heavy atom. The maximum Gasteiger partial charge on any atom is 0.327 e. The van der Waals surface area contributed by atoms with Gasteiger partial charge in [-0.05, 0) is 24.5 Å². The van der Waals surface area contributed by atoms with Crippen LogP contribution in [0.2, 0.25) is 0 Å². The molecule has 1 aromatic rings. The number of methoxy groups -OCH3 is 1. The topological polar surface area (TPSA) is 38.3 Å². The van der Waals surface area contributed by atoms with Gasteiger partial charge in [-0.1, -0.05) is 31.0 Å². The number of alkyl halides is 2. The Morgan fingerprint density at radius 3 is 2.55 bits per heavy atom. The van der Waals surface area contributed by atoms with E-state index in [4.69, 9.17) is 4.74 Å². The van der Waals surface area contributed by atoms with Crippen molar-refractivity contribution >= 4 is 5.97 Å². The van der Waals surface area contributed by atoms with Gasteiger partial charge in [0.1, 0.15) is 6.04 Å². The molecule has 0 amide bonds. The van der Waals surface area contributed by atoms with Gasteiger partial charge in [0.25, 0.3) is 6.43 Å². The summed E-state index contributed by atoms with van der Waals surface area (Å²) >= 11 is 0. The maximum absolute atomic E-state index is 12.8. The number of nitrogens with one attached hydrogen (secondary N) is 1. The molecule has 0 spiro atoms. The van der Waals surface area contributed by atoms with Crippen molar-refractivity contribution in [3.63, 3.8) is 0 Å². The molecule has 1 aliphatic carbocycles. The number of hydrogen-bond acceptors (Lipinski definition) is 3. The molecular formula is C15H19F2NO2. The van der Waals surface area contributed by atoms with E-state index < -0.39 is 18.4 Å². The summed E-state index contributed by atoms with van der Waals surface area (Å²) in [7, 11) is 1.31. The molecule has 0 radical (unpaired) electrons. The van der Waals surface area contributed by atoms with E-state index in [1.807, 2.05) is 0 Å². The van der Waals surface area contributed by atoms with Crippen molar-refractivity contribution in [1.82, 2.24) is 5.32 Å². The van der Waals surface area contributed by atoms with Crippen LogP contribution in [0.4, 0.5) is 8.78 Å². The monoisotopic (exact) mass is 283 g/mol. The second-order valence-corrected chi connectivity index (χ2v) is 5.08. The van der Waals surface area contributed by atoms with Crippen molar-refractivity contribution in [3.8, 4) is 0 Å². The molecule has 0 saturated heterocycles. The third-order valence-electron chi connectivity index (χ3n) is 3.69. The highest BCUT2D eigenvalue weighted by atomic mass is 19.3. The van der Waals surface area contributed by atoms with Crippen LogP contribution in [0, 0.1) is 0 Å². The molecule has 1 unspecified atom stereocenters. The van der Waals surface area contributed by atoms with E-state index in [2.05, 4.69) is 5.32 Å². The Hall–Kier alpha value is -1.49. The lowest BCUT2D eigenvalue weighted by atomic mass is 10.0. The molecule has 3 nitrogen and oxygen atoms in total. The second-order valence-electron chi connectivity index (χ2n) is 5.08. The second kappa shape index (κ2) is 6.79. The maximum atomic E-state index is 12.8. The fraction of sp³-hybridized carbons (Fsp3) is 0.533. The van der Waals surface area contributed by atoms with Gasteiger partial charge in [-0.15, -0.1) is 0 Å². The zero-order valence-electron chi connectivity index (χ0n) is 11.4. The summed E-state index contributed by atoms with van der Waals surface area (Å²) < 4.78 is 30.3. The first-order valence-corrected chi connectivity index (χ1v) is 6.83. The molecular weight excluding hydrogens is 264 g/mol. The standard InChI is InChI=1S/C15H19F2NO2/c1-20-15(19)13(18-12-7-2-3-8-12)10-5-4-6-11(9-10)14(16)17/h4-6,9,12-14,18H,2-3,7-8H2,1H3. The Labute approximate surface area is 117 Å². The number of hydrogen-bond donors (Lipinski definition) is 1. The number of ether oxygens (including phenoxy) is 1. The number of benzene rings is 1. The van der Waals surface area contributed by atoms with Crippen LogP contribution >= 0.6 is 0 Å². The molecule has 0 heterocycles. The highest BCUT2D eigenvalue weighted by Crippen LogP contribution is 2.26. The molecule has 0 aromatic heterocycles. The molecule has 1 aromatic carbocycles. The van der Waals surface area contributed by atoms with Gasteiger partial charge in [-0.25, -0.2) is 13.6 Å². The summed E-state index contributed by atoms with van der Waals surface area (Å²) in [6.45, 7) is 0. The Kier molecular flexibility index (Phi) is 5.06. The predicted molar refractivity (Wildman–Crippen MR) is 71.5 cm³/mol. The molecule has 5 heteroatoms. The largest absolute Gasteiger partial charge is 0.468 e. The first kappa shape index (κ1) is 14.9. The van der Waals surface area contributed by atoms with Crippen LogP contribution in [0.5, 0.6) is 0 Å². The molecule has 2 rings (SSSR count). The van der Waals surface area contributed by atoms with E-state index in [1.54, 1.807) is 12.1 Å². The molecule has 0 bridgehead atoms. The van der Waals surface area contributed by atoms with Crippen molar-refractivity contribution in [1.29, 1.82) is 0 Å². The normalized spacial score (nSPS) is 17.4. The average molecular weight is 283 g/mol. The third kappa shape index (κ3) is 3.54. The fourth-order valence-electron chi connectivity index (χ4n) is 2.62. The summed E-state index contributed by atoms with van der Waals surface area (Å²) in [4.78, 5) is 11.9. The van der Waals surface area contributed by atoms with E-state index in [9.17, 15) is 13.6 Å². The van der Waals surface area contributed by atoms with Gasteiger partial charge < -0.3 is 4.74 Å². The van der Waals surface area contributed by atoms with Crippen LogP contribution in [0.1, 0.15) is 49.3 Å². The number of esters is 1. The molecule has 1 atom stereocenters. The van der Waals surface area contributed by atoms with Crippen molar-refractivity contribution in [2.45, 2.75) is 44.2 Å². The van der Waals surface area contributed by atoms with Gasteiger partial charge >= 0.3 is 5.97 Å². The zero-order valence-corrected chi connectivity index (χ0v) is 11.4.